The lowest BCUT2D eigenvalue weighted by Crippen LogP contribution is -2.50. The molecule has 3 fully saturated rings. The maximum atomic E-state index is 13.3. The number of likely N-dealkylation sites (tertiary alicyclic amines) is 1. The van der Waals surface area contributed by atoms with Gasteiger partial charge in [-0.25, -0.2) is 0 Å². The minimum Gasteiger partial charge on any atom is -0.385 e. The van der Waals surface area contributed by atoms with Gasteiger partial charge in [0.2, 0.25) is 5.91 Å². The van der Waals surface area contributed by atoms with Gasteiger partial charge in [0.1, 0.15) is 0 Å². The summed E-state index contributed by atoms with van der Waals surface area (Å²) in [5, 5.41) is 0. The van der Waals surface area contributed by atoms with Gasteiger partial charge in [-0.3, -0.25) is 9.69 Å². The van der Waals surface area contributed by atoms with Crippen LogP contribution in [-0.2, 0) is 20.8 Å². The SMILES string of the molecule is COCCC1(C(=O)N2C[C@@H]3OCCN(Cc4ccccc4)[C@@H]3C2)CCC1. The molecule has 0 spiro atoms. The van der Waals surface area contributed by atoms with Crippen molar-refractivity contribution in [3.63, 3.8) is 0 Å². The number of carbonyl (C=O) groups excluding carboxylic acids is 1. The Balaban J connectivity index is 1.43. The van der Waals surface area contributed by atoms with Crippen molar-refractivity contribution >= 4 is 5.91 Å². The maximum absolute atomic E-state index is 13.3. The van der Waals surface area contributed by atoms with Crippen LogP contribution in [0.4, 0.5) is 0 Å². The summed E-state index contributed by atoms with van der Waals surface area (Å²) in [4.78, 5) is 17.8. The lowest BCUT2D eigenvalue weighted by Gasteiger charge is -2.42. The van der Waals surface area contributed by atoms with Crippen LogP contribution in [0.15, 0.2) is 30.3 Å². The van der Waals surface area contributed by atoms with E-state index in [1.165, 1.54) is 5.56 Å². The van der Waals surface area contributed by atoms with Crippen molar-refractivity contribution in [3.8, 4) is 0 Å². The zero-order chi connectivity index (χ0) is 18.0. The first-order valence-electron chi connectivity index (χ1n) is 9.90. The molecular weight excluding hydrogens is 328 g/mol. The Morgan fingerprint density at radius 3 is 2.77 bits per heavy atom. The fourth-order valence-electron chi connectivity index (χ4n) is 4.75. The van der Waals surface area contributed by atoms with Crippen LogP contribution in [0.2, 0.25) is 0 Å². The van der Waals surface area contributed by atoms with Gasteiger partial charge in [0.05, 0.1) is 24.2 Å². The minimum absolute atomic E-state index is 0.149. The molecule has 1 amide bonds. The smallest absolute Gasteiger partial charge is 0.229 e. The van der Waals surface area contributed by atoms with Gasteiger partial charge in [-0.05, 0) is 24.8 Å². The molecule has 0 N–H and O–H groups in total. The molecule has 1 aliphatic carbocycles. The van der Waals surface area contributed by atoms with Crippen molar-refractivity contribution in [1.82, 2.24) is 9.80 Å². The second-order valence-electron chi connectivity index (χ2n) is 8.02. The lowest BCUT2D eigenvalue weighted by molar-refractivity contribution is -0.148. The topological polar surface area (TPSA) is 42.0 Å². The first-order chi connectivity index (χ1) is 12.7. The summed E-state index contributed by atoms with van der Waals surface area (Å²) < 4.78 is 11.3. The third-order valence-corrected chi connectivity index (χ3v) is 6.48. The largest absolute Gasteiger partial charge is 0.385 e. The standard InChI is InChI=1S/C21H30N2O3/c1-25-12-10-21(8-5-9-21)20(24)23-15-18-19(16-23)26-13-11-22(18)14-17-6-3-2-4-7-17/h2-4,6-7,18-19H,5,8-16H2,1H3/t18-,19+/m1/s1. The summed E-state index contributed by atoms with van der Waals surface area (Å²) in [5.74, 6) is 0.332. The molecule has 4 rings (SSSR count). The molecule has 2 atom stereocenters. The number of ether oxygens (including phenoxy) is 2. The summed E-state index contributed by atoms with van der Waals surface area (Å²) in [6, 6.07) is 10.9. The van der Waals surface area contributed by atoms with E-state index in [1.54, 1.807) is 7.11 Å². The molecule has 142 valence electrons. The highest BCUT2D eigenvalue weighted by molar-refractivity contribution is 5.84. The zero-order valence-electron chi connectivity index (χ0n) is 15.7. The van der Waals surface area contributed by atoms with E-state index in [-0.39, 0.29) is 11.5 Å². The molecule has 2 aliphatic heterocycles. The van der Waals surface area contributed by atoms with E-state index in [4.69, 9.17) is 9.47 Å². The van der Waals surface area contributed by atoms with Crippen LogP contribution in [0.1, 0.15) is 31.2 Å². The average molecular weight is 358 g/mol. The van der Waals surface area contributed by atoms with Crippen LogP contribution in [0, 0.1) is 5.41 Å². The van der Waals surface area contributed by atoms with Crippen LogP contribution >= 0.6 is 0 Å². The summed E-state index contributed by atoms with van der Waals surface area (Å²) in [5.41, 5.74) is 1.15. The van der Waals surface area contributed by atoms with Crippen LogP contribution in [-0.4, -0.2) is 67.8 Å². The van der Waals surface area contributed by atoms with Gasteiger partial charge in [-0.2, -0.15) is 0 Å². The third-order valence-electron chi connectivity index (χ3n) is 6.48. The van der Waals surface area contributed by atoms with Gasteiger partial charge in [-0.15, -0.1) is 0 Å². The summed E-state index contributed by atoms with van der Waals surface area (Å²) >= 11 is 0. The highest BCUT2D eigenvalue weighted by atomic mass is 16.5. The van der Waals surface area contributed by atoms with Crippen molar-refractivity contribution in [2.45, 2.75) is 44.4 Å². The fourth-order valence-corrected chi connectivity index (χ4v) is 4.75. The lowest BCUT2D eigenvalue weighted by atomic mass is 9.66. The van der Waals surface area contributed by atoms with Crippen molar-refractivity contribution < 1.29 is 14.3 Å². The predicted molar refractivity (Wildman–Crippen MR) is 99.7 cm³/mol. The summed E-state index contributed by atoms with van der Waals surface area (Å²) in [6.45, 7) is 4.83. The Morgan fingerprint density at radius 2 is 2.08 bits per heavy atom. The molecule has 2 saturated heterocycles. The Hall–Kier alpha value is -1.43. The van der Waals surface area contributed by atoms with Crippen LogP contribution in [0.3, 0.4) is 0 Å². The molecule has 0 aromatic heterocycles. The third kappa shape index (κ3) is 3.40. The zero-order valence-corrected chi connectivity index (χ0v) is 15.7. The highest BCUT2D eigenvalue weighted by Crippen LogP contribution is 2.46. The number of hydrogen-bond acceptors (Lipinski definition) is 4. The van der Waals surface area contributed by atoms with E-state index < -0.39 is 0 Å². The van der Waals surface area contributed by atoms with E-state index >= 15 is 0 Å². The molecule has 1 saturated carbocycles. The molecule has 26 heavy (non-hydrogen) atoms. The molecule has 0 bridgehead atoms. The average Bonchev–Trinajstić information content (AvgIpc) is 3.07. The maximum Gasteiger partial charge on any atom is 0.229 e. The minimum atomic E-state index is -0.173. The Labute approximate surface area is 156 Å². The molecule has 0 radical (unpaired) electrons. The second-order valence-corrected chi connectivity index (χ2v) is 8.02. The normalized spacial score (nSPS) is 27.8. The van der Waals surface area contributed by atoms with E-state index in [1.807, 2.05) is 0 Å². The number of benzene rings is 1. The van der Waals surface area contributed by atoms with Crippen LogP contribution in [0.25, 0.3) is 0 Å². The first kappa shape index (κ1) is 18.0. The molecule has 0 unspecified atom stereocenters. The van der Waals surface area contributed by atoms with Crippen molar-refractivity contribution in [2.24, 2.45) is 5.41 Å². The number of fused-ring (bicyclic) bond motifs is 1. The van der Waals surface area contributed by atoms with E-state index in [9.17, 15) is 4.79 Å². The van der Waals surface area contributed by atoms with E-state index in [0.717, 1.165) is 58.5 Å². The first-order valence-corrected chi connectivity index (χ1v) is 9.90. The number of amides is 1. The fraction of sp³-hybridized carbons (Fsp3) is 0.667. The van der Waals surface area contributed by atoms with E-state index in [0.29, 0.717) is 18.6 Å². The summed E-state index contributed by atoms with van der Waals surface area (Å²) in [7, 11) is 1.72. The van der Waals surface area contributed by atoms with Gasteiger partial charge in [0.15, 0.2) is 0 Å². The molecule has 2 heterocycles. The van der Waals surface area contributed by atoms with Crippen LogP contribution in [0.5, 0.6) is 0 Å². The van der Waals surface area contributed by atoms with E-state index in [2.05, 4.69) is 40.1 Å². The van der Waals surface area contributed by atoms with Gasteiger partial charge in [0, 0.05) is 39.9 Å². The molecule has 3 aliphatic rings. The number of hydrogen-bond donors (Lipinski definition) is 0. The number of rotatable bonds is 6. The monoisotopic (exact) mass is 358 g/mol. The molecule has 1 aromatic rings. The van der Waals surface area contributed by atoms with Gasteiger partial charge in [0.25, 0.3) is 0 Å². The Kier molecular flexibility index (Phi) is 5.30. The number of nitrogens with zero attached hydrogens (tertiary/aromatic N) is 2. The van der Waals surface area contributed by atoms with Gasteiger partial charge in [-0.1, -0.05) is 36.8 Å². The highest BCUT2D eigenvalue weighted by Gasteiger charge is 2.50. The molecule has 1 aromatic carbocycles. The molecule has 5 nitrogen and oxygen atoms in total. The van der Waals surface area contributed by atoms with Gasteiger partial charge >= 0.3 is 0 Å². The van der Waals surface area contributed by atoms with Crippen molar-refractivity contribution in [3.05, 3.63) is 35.9 Å². The van der Waals surface area contributed by atoms with Gasteiger partial charge < -0.3 is 14.4 Å². The quantitative estimate of drug-likeness (QED) is 0.783. The second kappa shape index (κ2) is 7.67. The Morgan fingerprint density at radius 1 is 1.27 bits per heavy atom. The number of morpholine rings is 1. The molecular formula is C21H30N2O3. The Bertz CT molecular complexity index is 617. The molecule has 5 heteroatoms. The number of methoxy groups -OCH3 is 1. The van der Waals surface area contributed by atoms with Crippen LogP contribution < -0.4 is 0 Å². The predicted octanol–water partition coefficient (Wildman–Crippen LogP) is 2.30. The van der Waals surface area contributed by atoms with Crippen molar-refractivity contribution in [1.29, 1.82) is 0 Å². The van der Waals surface area contributed by atoms with Crippen molar-refractivity contribution in [2.75, 3.05) is 40.0 Å². The summed E-state index contributed by atoms with van der Waals surface area (Å²) in [6.07, 6.45) is 4.18. The number of carbonyl (C=O) groups is 1.